The Balaban J connectivity index is 0.800. The van der Waals surface area contributed by atoms with Crippen LogP contribution in [-0.4, -0.2) is 56.5 Å². The summed E-state index contributed by atoms with van der Waals surface area (Å²) in [5.41, 5.74) is 6.75. The van der Waals surface area contributed by atoms with Gasteiger partial charge in [0.1, 0.15) is 22.1 Å². The van der Waals surface area contributed by atoms with Crippen LogP contribution in [-0.2, 0) is 9.59 Å². The molecule has 0 radical (unpaired) electrons. The average molecular weight is 933 g/mol. The number of nitrogens with one attached hydrogen (secondary N) is 2. The van der Waals surface area contributed by atoms with Crippen molar-refractivity contribution < 1.29 is 19.2 Å². The Labute approximate surface area is 403 Å². The summed E-state index contributed by atoms with van der Waals surface area (Å²) in [7, 11) is 0. The van der Waals surface area contributed by atoms with Crippen LogP contribution in [0.3, 0.4) is 0 Å². The summed E-state index contributed by atoms with van der Waals surface area (Å²) < 4.78 is 0. The molecule has 4 amide bonds. The maximum atomic E-state index is 14.3. The van der Waals surface area contributed by atoms with Crippen molar-refractivity contribution in [2.75, 3.05) is 13.1 Å². The van der Waals surface area contributed by atoms with E-state index in [2.05, 4.69) is 59.2 Å². The van der Waals surface area contributed by atoms with E-state index in [0.717, 1.165) is 78.8 Å². The topological polar surface area (TPSA) is 125 Å². The van der Waals surface area contributed by atoms with Gasteiger partial charge in [-0.25, -0.2) is 9.97 Å². The Morgan fingerprint density at radius 2 is 0.794 bits per heavy atom. The molecule has 4 atom stereocenters. The number of benzene rings is 6. The molecule has 68 heavy (non-hydrogen) atoms. The molecule has 0 bridgehead atoms. The molecule has 0 aliphatic carbocycles. The number of amides is 4. The van der Waals surface area contributed by atoms with Crippen LogP contribution in [0.2, 0.25) is 0 Å². The Hall–Kier alpha value is -7.54. The van der Waals surface area contributed by atoms with Crippen LogP contribution in [0.5, 0.6) is 0 Å². The summed E-state index contributed by atoms with van der Waals surface area (Å²) in [4.78, 5) is 70.8. The molecular formula is C56H48N6O4S2. The zero-order valence-corrected chi connectivity index (χ0v) is 38.7. The lowest BCUT2D eigenvalue weighted by Gasteiger charge is -2.28. The molecular weight excluding hydrogens is 885 g/mol. The van der Waals surface area contributed by atoms with Crippen molar-refractivity contribution in [2.45, 2.75) is 49.9 Å². The summed E-state index contributed by atoms with van der Waals surface area (Å²) >= 11 is 3.21. The molecule has 6 aromatic carbocycles. The summed E-state index contributed by atoms with van der Waals surface area (Å²) in [6.07, 6.45) is 7.09. The quantitative estimate of drug-likeness (QED) is 0.119. The molecule has 1 unspecified atom stereocenters. The third-order valence-electron chi connectivity index (χ3n) is 12.7. The predicted molar refractivity (Wildman–Crippen MR) is 268 cm³/mol. The summed E-state index contributed by atoms with van der Waals surface area (Å²) in [6, 6.07) is 51.7. The van der Waals surface area contributed by atoms with Gasteiger partial charge < -0.3 is 20.4 Å². The number of nitrogens with zero attached hydrogens (tertiary/aromatic N) is 4. The maximum absolute atomic E-state index is 14.3. The fourth-order valence-corrected chi connectivity index (χ4v) is 11.3. The van der Waals surface area contributed by atoms with E-state index < -0.39 is 12.1 Å². The molecule has 2 saturated heterocycles. The number of carbonyl (C=O) groups is 4. The monoisotopic (exact) mass is 932 g/mol. The Bertz CT molecular complexity index is 2810. The SMILES string of the molecule is O=C(N[C@@H](C(=O)N1CCCC1c1ncc(-c2ccc(-c3ccc(-c4cnc([C@@H]5CCCN5C(=O)[C@H](NC(=O)c5ccccc5)c5ccccc5)s4)cc3)cc2)s1)c1ccccc1)c1ccccc1. The Morgan fingerprint density at radius 3 is 1.16 bits per heavy atom. The lowest BCUT2D eigenvalue weighted by Crippen LogP contribution is -2.42. The van der Waals surface area contributed by atoms with Gasteiger partial charge >= 0.3 is 0 Å². The van der Waals surface area contributed by atoms with E-state index in [1.54, 1.807) is 46.9 Å². The van der Waals surface area contributed by atoms with Crippen LogP contribution in [0.15, 0.2) is 182 Å². The molecule has 2 N–H and O–H groups in total. The summed E-state index contributed by atoms with van der Waals surface area (Å²) in [6.45, 7) is 1.18. The predicted octanol–water partition coefficient (Wildman–Crippen LogP) is 11.3. The number of aromatic nitrogens is 2. The first-order valence-corrected chi connectivity index (χ1v) is 24.6. The zero-order valence-electron chi connectivity index (χ0n) is 37.1. The fraction of sp³-hybridized carbons (Fsp3) is 0.179. The van der Waals surface area contributed by atoms with Gasteiger partial charge in [0.25, 0.3) is 11.8 Å². The fourth-order valence-electron chi connectivity index (χ4n) is 9.18. The van der Waals surface area contributed by atoms with Crippen LogP contribution in [0.1, 0.15) is 91.7 Å². The first-order chi connectivity index (χ1) is 33.4. The Morgan fingerprint density at radius 1 is 0.456 bits per heavy atom. The Kier molecular flexibility index (Phi) is 13.1. The largest absolute Gasteiger partial charge is 0.336 e. The lowest BCUT2D eigenvalue weighted by molar-refractivity contribution is -0.135. The van der Waals surface area contributed by atoms with Crippen molar-refractivity contribution in [2.24, 2.45) is 0 Å². The summed E-state index contributed by atoms with van der Waals surface area (Å²) in [5.74, 6) is -0.868. The highest BCUT2D eigenvalue weighted by Crippen LogP contribution is 2.41. The molecule has 0 spiro atoms. The molecule has 4 heterocycles. The highest BCUT2D eigenvalue weighted by molar-refractivity contribution is 7.15. The van der Waals surface area contributed by atoms with E-state index in [4.69, 9.17) is 9.97 Å². The second-order valence-electron chi connectivity index (χ2n) is 17.0. The molecule has 2 aromatic heterocycles. The molecule has 338 valence electrons. The molecule has 12 heteroatoms. The van der Waals surface area contributed by atoms with Crippen molar-refractivity contribution in [1.82, 2.24) is 30.4 Å². The highest BCUT2D eigenvalue weighted by Gasteiger charge is 2.38. The van der Waals surface area contributed by atoms with E-state index in [9.17, 15) is 19.2 Å². The smallest absolute Gasteiger partial charge is 0.252 e. The molecule has 2 fully saturated rings. The van der Waals surface area contributed by atoms with Crippen LogP contribution >= 0.6 is 22.7 Å². The van der Waals surface area contributed by atoms with Gasteiger partial charge in [0.2, 0.25) is 11.8 Å². The van der Waals surface area contributed by atoms with Gasteiger partial charge in [0.05, 0.1) is 21.8 Å². The molecule has 0 saturated carbocycles. The van der Waals surface area contributed by atoms with Gasteiger partial charge in [-0.15, -0.1) is 22.7 Å². The molecule has 8 aromatic rings. The van der Waals surface area contributed by atoms with Crippen molar-refractivity contribution in [3.8, 4) is 32.0 Å². The highest BCUT2D eigenvalue weighted by atomic mass is 32.1. The van der Waals surface area contributed by atoms with Crippen LogP contribution < -0.4 is 10.6 Å². The number of hydrogen-bond donors (Lipinski definition) is 2. The second-order valence-corrected chi connectivity index (χ2v) is 19.2. The molecule has 10 rings (SSSR count). The minimum atomic E-state index is -0.827. The average Bonchev–Trinajstić information content (AvgIpc) is 4.26. The van der Waals surface area contributed by atoms with Crippen LogP contribution in [0.25, 0.3) is 32.0 Å². The van der Waals surface area contributed by atoms with Gasteiger partial charge in [-0.05, 0) is 83.3 Å². The van der Waals surface area contributed by atoms with Gasteiger partial charge in [-0.2, -0.15) is 0 Å². The molecule has 10 nitrogen and oxygen atoms in total. The van der Waals surface area contributed by atoms with Crippen molar-refractivity contribution in [3.63, 3.8) is 0 Å². The standard InChI is InChI=1S/C56H48N6O4S2/c63-51(43-19-9-3-10-20-43)59-49(41-15-5-1-6-16-41)55(65)61-33-13-23-45(61)53-57-35-47(67-53)39-29-25-37(26-30-39)38-27-31-40(32-28-38)48-36-58-54(68-48)46-24-14-34-62(46)56(66)50(42-17-7-2-8-18-42)60-52(64)44-21-11-4-12-22-44/h1-12,15-22,25-32,35-36,45-46,49-50H,13-14,23-24,33-34H2,(H,59,63)(H,60,64)/t45-,46?,49+,50+/m0/s1. The number of likely N-dealkylation sites (tertiary alicyclic amines) is 2. The van der Waals surface area contributed by atoms with E-state index >= 15 is 0 Å². The van der Waals surface area contributed by atoms with E-state index in [-0.39, 0.29) is 35.7 Å². The second kappa shape index (κ2) is 20.1. The normalized spacial score (nSPS) is 16.5. The zero-order chi connectivity index (χ0) is 46.4. The van der Waals surface area contributed by atoms with Crippen LogP contribution in [0, 0.1) is 0 Å². The van der Waals surface area contributed by atoms with E-state index in [1.165, 1.54) is 0 Å². The summed E-state index contributed by atoms with van der Waals surface area (Å²) in [5, 5.41) is 7.81. The maximum Gasteiger partial charge on any atom is 0.252 e. The van der Waals surface area contributed by atoms with E-state index in [1.807, 2.05) is 119 Å². The minimum absolute atomic E-state index is 0.141. The number of rotatable bonds is 13. The van der Waals surface area contributed by atoms with Gasteiger partial charge in [0.15, 0.2) is 0 Å². The molecule has 2 aliphatic heterocycles. The van der Waals surface area contributed by atoms with Gasteiger partial charge in [-0.1, -0.05) is 146 Å². The minimum Gasteiger partial charge on any atom is -0.336 e. The number of thiazole rings is 2. The first kappa shape index (κ1) is 44.3. The first-order valence-electron chi connectivity index (χ1n) is 22.9. The van der Waals surface area contributed by atoms with E-state index in [0.29, 0.717) is 24.2 Å². The third kappa shape index (κ3) is 9.51. The number of carbonyl (C=O) groups excluding carboxylic acids is 4. The van der Waals surface area contributed by atoms with Gasteiger partial charge in [-0.3, -0.25) is 19.2 Å². The lowest BCUT2D eigenvalue weighted by atomic mass is 10.0. The van der Waals surface area contributed by atoms with Crippen molar-refractivity contribution in [1.29, 1.82) is 0 Å². The van der Waals surface area contributed by atoms with Gasteiger partial charge in [0, 0.05) is 36.6 Å². The van der Waals surface area contributed by atoms with Crippen molar-refractivity contribution >= 4 is 46.3 Å². The van der Waals surface area contributed by atoms with Crippen molar-refractivity contribution in [3.05, 3.63) is 215 Å². The molecule has 2 aliphatic rings. The third-order valence-corrected chi connectivity index (χ3v) is 15.0. The number of hydrogen-bond acceptors (Lipinski definition) is 8. The van der Waals surface area contributed by atoms with Crippen LogP contribution in [0.4, 0.5) is 0 Å².